The van der Waals surface area contributed by atoms with Crippen LogP contribution in [0.1, 0.15) is 43.6 Å². The topological polar surface area (TPSA) is 68.2 Å². The first-order chi connectivity index (χ1) is 12.6. The highest BCUT2D eigenvalue weighted by atomic mass is 35.5. The second-order valence-corrected chi connectivity index (χ2v) is 7.21. The lowest BCUT2D eigenvalue weighted by atomic mass is 9.81. The summed E-state index contributed by atoms with van der Waals surface area (Å²) in [6.45, 7) is 7.48. The van der Waals surface area contributed by atoms with E-state index in [0.29, 0.717) is 24.6 Å². The number of carbonyl (C=O) groups excluding carboxylic acids is 1. The molecule has 1 aliphatic rings. The molecule has 2 aromatic rings. The summed E-state index contributed by atoms with van der Waals surface area (Å²) in [5.74, 6) is 0.356. The van der Waals surface area contributed by atoms with Gasteiger partial charge in [0.2, 0.25) is 0 Å². The Hall–Kier alpha value is -2.05. The summed E-state index contributed by atoms with van der Waals surface area (Å²) in [4.78, 5) is 12.8. The Morgan fingerprint density at radius 1 is 1.30 bits per heavy atom. The van der Waals surface area contributed by atoms with Gasteiger partial charge in [0.25, 0.3) is 5.91 Å². The highest BCUT2D eigenvalue weighted by molar-refractivity contribution is 5.95. The van der Waals surface area contributed by atoms with Crippen LogP contribution in [0.25, 0.3) is 5.69 Å². The second-order valence-electron chi connectivity index (χ2n) is 7.21. The van der Waals surface area contributed by atoms with Gasteiger partial charge in [-0.05, 0) is 49.9 Å². The Balaban J connectivity index is 0.00000261. The molecule has 3 rings (SSSR count). The molecule has 0 atom stereocenters. The molecule has 1 aromatic carbocycles. The first kappa shape index (κ1) is 21.3. The Kier molecular flexibility index (Phi) is 7.68. The minimum atomic E-state index is -0.175. The molecular formula is C20H29ClN4O2. The largest absolute Gasteiger partial charge is 0.489 e. The van der Waals surface area contributed by atoms with Crippen molar-refractivity contribution >= 4 is 18.3 Å². The van der Waals surface area contributed by atoms with Gasteiger partial charge in [-0.3, -0.25) is 4.79 Å². The van der Waals surface area contributed by atoms with E-state index < -0.39 is 0 Å². The van der Waals surface area contributed by atoms with Crippen molar-refractivity contribution in [2.75, 3.05) is 26.2 Å². The maximum absolute atomic E-state index is 12.8. The molecule has 7 heteroatoms. The lowest BCUT2D eigenvalue weighted by molar-refractivity contribution is 0.0913. The van der Waals surface area contributed by atoms with Gasteiger partial charge in [-0.2, -0.15) is 5.10 Å². The van der Waals surface area contributed by atoms with Crippen molar-refractivity contribution in [3.8, 4) is 11.4 Å². The highest BCUT2D eigenvalue weighted by Gasteiger charge is 2.28. The number of benzene rings is 1. The van der Waals surface area contributed by atoms with Crippen LogP contribution in [0.4, 0.5) is 0 Å². The fourth-order valence-electron chi connectivity index (χ4n) is 3.13. The zero-order valence-corrected chi connectivity index (χ0v) is 16.8. The smallest absolute Gasteiger partial charge is 0.275 e. The van der Waals surface area contributed by atoms with Crippen molar-refractivity contribution in [3.63, 3.8) is 0 Å². The molecule has 1 aliphatic heterocycles. The molecule has 0 radical (unpaired) electrons. The molecule has 0 spiro atoms. The number of piperidine rings is 1. The molecule has 2 heterocycles. The van der Waals surface area contributed by atoms with Gasteiger partial charge in [0.15, 0.2) is 11.4 Å². The van der Waals surface area contributed by atoms with E-state index in [1.54, 1.807) is 10.9 Å². The van der Waals surface area contributed by atoms with Crippen LogP contribution in [0.3, 0.4) is 0 Å². The Morgan fingerprint density at radius 3 is 2.67 bits per heavy atom. The lowest BCUT2D eigenvalue weighted by Gasteiger charge is -2.34. The summed E-state index contributed by atoms with van der Waals surface area (Å²) in [5.41, 5.74) is 1.38. The standard InChI is InChI=1S/C20H28N4O2.ClH/c1-3-13-26-17-14-24(16-7-5-4-6-8-16)23-18(17)19(25)22-15-20(2)9-11-21-12-10-20;/h4-8,14,21H,3,9-13,15H2,1-2H3,(H,22,25);1H. The van der Waals surface area contributed by atoms with E-state index in [0.717, 1.165) is 38.0 Å². The zero-order chi connectivity index (χ0) is 18.4. The van der Waals surface area contributed by atoms with Crippen molar-refractivity contribution in [1.82, 2.24) is 20.4 Å². The molecule has 2 N–H and O–H groups in total. The van der Waals surface area contributed by atoms with Crippen LogP contribution in [0, 0.1) is 5.41 Å². The number of amides is 1. The Labute approximate surface area is 167 Å². The van der Waals surface area contributed by atoms with Gasteiger partial charge < -0.3 is 15.4 Å². The second kappa shape index (κ2) is 9.76. The molecule has 0 bridgehead atoms. The summed E-state index contributed by atoms with van der Waals surface area (Å²) in [6.07, 6.45) is 4.78. The van der Waals surface area contributed by atoms with E-state index in [2.05, 4.69) is 22.7 Å². The van der Waals surface area contributed by atoms with Gasteiger partial charge in [-0.15, -0.1) is 12.4 Å². The third kappa shape index (κ3) is 5.47. The number of nitrogens with one attached hydrogen (secondary N) is 2. The predicted molar refractivity (Wildman–Crippen MR) is 109 cm³/mol. The fourth-order valence-corrected chi connectivity index (χ4v) is 3.13. The lowest BCUT2D eigenvalue weighted by Crippen LogP contribution is -2.43. The maximum Gasteiger partial charge on any atom is 0.275 e. The monoisotopic (exact) mass is 392 g/mol. The van der Waals surface area contributed by atoms with Gasteiger partial charge in [0.05, 0.1) is 18.5 Å². The Morgan fingerprint density at radius 2 is 2.00 bits per heavy atom. The van der Waals surface area contributed by atoms with Gasteiger partial charge in [-0.25, -0.2) is 4.68 Å². The van der Waals surface area contributed by atoms with Crippen molar-refractivity contribution < 1.29 is 9.53 Å². The first-order valence-electron chi connectivity index (χ1n) is 9.38. The molecule has 1 aromatic heterocycles. The van der Waals surface area contributed by atoms with Crippen LogP contribution >= 0.6 is 12.4 Å². The van der Waals surface area contributed by atoms with Crippen molar-refractivity contribution in [3.05, 3.63) is 42.2 Å². The van der Waals surface area contributed by atoms with Crippen LogP contribution in [0.5, 0.6) is 5.75 Å². The summed E-state index contributed by atoms with van der Waals surface area (Å²) in [7, 11) is 0. The van der Waals surface area contributed by atoms with Crippen LogP contribution < -0.4 is 15.4 Å². The van der Waals surface area contributed by atoms with Crippen molar-refractivity contribution in [1.29, 1.82) is 0 Å². The number of ether oxygens (including phenoxy) is 1. The first-order valence-corrected chi connectivity index (χ1v) is 9.38. The number of carbonyl (C=O) groups is 1. The highest BCUT2D eigenvalue weighted by Crippen LogP contribution is 2.27. The number of aromatic nitrogens is 2. The van der Waals surface area contributed by atoms with Crippen LogP contribution in [0.2, 0.25) is 0 Å². The molecule has 0 saturated carbocycles. The third-order valence-electron chi connectivity index (χ3n) is 4.86. The molecule has 0 aliphatic carbocycles. The molecule has 6 nitrogen and oxygen atoms in total. The average Bonchev–Trinajstić information content (AvgIpc) is 3.10. The summed E-state index contributed by atoms with van der Waals surface area (Å²) in [6, 6.07) is 9.75. The molecule has 1 saturated heterocycles. The number of para-hydroxylation sites is 1. The van der Waals surface area contributed by atoms with E-state index in [1.165, 1.54) is 0 Å². The minimum Gasteiger partial charge on any atom is -0.489 e. The van der Waals surface area contributed by atoms with Crippen LogP contribution in [-0.2, 0) is 0 Å². The Bertz CT molecular complexity index is 727. The zero-order valence-electron chi connectivity index (χ0n) is 16.0. The van der Waals surface area contributed by atoms with Crippen LogP contribution in [0.15, 0.2) is 36.5 Å². The predicted octanol–water partition coefficient (Wildman–Crippen LogP) is 3.20. The minimum absolute atomic E-state index is 0. The van der Waals surface area contributed by atoms with E-state index in [-0.39, 0.29) is 23.7 Å². The number of nitrogens with zero attached hydrogens (tertiary/aromatic N) is 2. The number of hydrogen-bond donors (Lipinski definition) is 2. The van der Waals surface area contributed by atoms with Crippen molar-refractivity contribution in [2.24, 2.45) is 5.41 Å². The van der Waals surface area contributed by atoms with E-state index in [4.69, 9.17) is 4.74 Å². The average molecular weight is 393 g/mol. The normalized spacial score (nSPS) is 15.6. The molecule has 148 valence electrons. The molecule has 1 amide bonds. The number of rotatable bonds is 7. The molecular weight excluding hydrogens is 364 g/mol. The summed E-state index contributed by atoms with van der Waals surface area (Å²) >= 11 is 0. The molecule has 27 heavy (non-hydrogen) atoms. The van der Waals surface area contributed by atoms with Crippen LogP contribution in [-0.4, -0.2) is 41.9 Å². The van der Waals surface area contributed by atoms with Gasteiger partial charge in [0.1, 0.15) is 0 Å². The SMILES string of the molecule is CCCOc1cn(-c2ccccc2)nc1C(=O)NCC1(C)CCNCC1.Cl. The number of hydrogen-bond acceptors (Lipinski definition) is 4. The summed E-state index contributed by atoms with van der Waals surface area (Å²) in [5, 5.41) is 10.9. The summed E-state index contributed by atoms with van der Waals surface area (Å²) < 4.78 is 7.47. The maximum atomic E-state index is 12.8. The number of halogens is 1. The third-order valence-corrected chi connectivity index (χ3v) is 4.86. The van der Waals surface area contributed by atoms with E-state index in [1.807, 2.05) is 37.3 Å². The van der Waals surface area contributed by atoms with Crippen molar-refractivity contribution in [2.45, 2.75) is 33.1 Å². The quantitative estimate of drug-likeness (QED) is 0.759. The molecule has 1 fully saturated rings. The molecule has 0 unspecified atom stereocenters. The van der Waals surface area contributed by atoms with E-state index in [9.17, 15) is 4.79 Å². The van der Waals surface area contributed by atoms with Gasteiger partial charge in [-0.1, -0.05) is 32.0 Å². The van der Waals surface area contributed by atoms with E-state index >= 15 is 0 Å². The van der Waals surface area contributed by atoms with Gasteiger partial charge in [0, 0.05) is 6.54 Å². The van der Waals surface area contributed by atoms with Gasteiger partial charge >= 0.3 is 0 Å². The fraction of sp³-hybridized carbons (Fsp3) is 0.500.